The number of nitro groups is 1. The molecule has 0 N–H and O–H groups in total. The van der Waals surface area contributed by atoms with Gasteiger partial charge in [-0.1, -0.05) is 6.92 Å². The van der Waals surface area contributed by atoms with Crippen molar-refractivity contribution in [2.24, 2.45) is 5.92 Å². The lowest BCUT2D eigenvalue weighted by atomic mass is 9.99. The van der Waals surface area contributed by atoms with Crippen molar-refractivity contribution < 1.29 is 9.72 Å². The molecule has 0 bridgehead atoms. The molecule has 0 radical (unpaired) electrons. The van der Waals surface area contributed by atoms with E-state index in [9.17, 15) is 14.9 Å². The third-order valence-corrected chi connectivity index (χ3v) is 3.96. The number of hydrogen-bond acceptors (Lipinski definition) is 4. The summed E-state index contributed by atoms with van der Waals surface area (Å²) in [6, 6.07) is 1.23. The van der Waals surface area contributed by atoms with Crippen LogP contribution in [0.25, 0.3) is 0 Å². The number of pyridine rings is 1. The van der Waals surface area contributed by atoms with Crippen molar-refractivity contribution in [3.05, 3.63) is 32.4 Å². The van der Waals surface area contributed by atoms with Crippen LogP contribution in [0.5, 0.6) is 0 Å². The Kier molecular flexibility index (Phi) is 4.14. The summed E-state index contributed by atoms with van der Waals surface area (Å²) in [5, 5.41) is 10.7. The first-order valence-electron chi connectivity index (χ1n) is 6.08. The van der Waals surface area contributed by atoms with Gasteiger partial charge in [-0.05, 0) is 44.6 Å². The highest BCUT2D eigenvalue weighted by molar-refractivity contribution is 9.10. The van der Waals surface area contributed by atoms with Crippen LogP contribution >= 0.6 is 15.9 Å². The molecule has 1 aromatic heterocycles. The van der Waals surface area contributed by atoms with E-state index in [1.165, 1.54) is 12.3 Å². The molecular weight excluding hydrogens is 314 g/mol. The molecule has 1 saturated heterocycles. The molecular formula is C12H14BrN3O3. The van der Waals surface area contributed by atoms with E-state index in [4.69, 9.17) is 0 Å². The summed E-state index contributed by atoms with van der Waals surface area (Å²) in [4.78, 5) is 27.9. The van der Waals surface area contributed by atoms with Crippen LogP contribution in [0.15, 0.2) is 16.7 Å². The van der Waals surface area contributed by atoms with Crippen LogP contribution < -0.4 is 0 Å². The van der Waals surface area contributed by atoms with Crippen LogP contribution in [-0.4, -0.2) is 33.8 Å². The van der Waals surface area contributed by atoms with Crippen LogP contribution in [0.4, 0.5) is 5.82 Å². The molecule has 1 aliphatic heterocycles. The predicted molar refractivity (Wildman–Crippen MR) is 72.9 cm³/mol. The van der Waals surface area contributed by atoms with Gasteiger partial charge >= 0.3 is 5.82 Å². The van der Waals surface area contributed by atoms with E-state index in [0.717, 1.165) is 12.8 Å². The largest absolute Gasteiger partial charge is 0.364 e. The Hall–Kier alpha value is -1.50. The lowest BCUT2D eigenvalue weighted by molar-refractivity contribution is -0.389. The average Bonchev–Trinajstić information content (AvgIpc) is 2.39. The van der Waals surface area contributed by atoms with E-state index in [2.05, 4.69) is 27.8 Å². The van der Waals surface area contributed by atoms with Crippen molar-refractivity contribution in [2.75, 3.05) is 13.1 Å². The second kappa shape index (κ2) is 5.64. The number of amides is 1. The number of likely N-dealkylation sites (tertiary alicyclic amines) is 1. The van der Waals surface area contributed by atoms with Crippen LogP contribution in [0.2, 0.25) is 0 Å². The van der Waals surface area contributed by atoms with Gasteiger partial charge in [0.2, 0.25) is 0 Å². The summed E-state index contributed by atoms with van der Waals surface area (Å²) in [5.41, 5.74) is 0.302. The highest BCUT2D eigenvalue weighted by Crippen LogP contribution is 2.24. The number of rotatable bonds is 2. The summed E-state index contributed by atoms with van der Waals surface area (Å²) >= 11 is 3.23. The summed E-state index contributed by atoms with van der Waals surface area (Å²) in [5.74, 6) is 0.139. The minimum atomic E-state index is -0.596. The molecule has 1 fully saturated rings. The predicted octanol–water partition coefficient (Wildman–Crippen LogP) is 2.62. The molecule has 1 aliphatic rings. The average molecular weight is 328 g/mol. The maximum atomic E-state index is 12.3. The highest BCUT2D eigenvalue weighted by atomic mass is 79.9. The fourth-order valence-corrected chi connectivity index (χ4v) is 2.46. The van der Waals surface area contributed by atoms with Gasteiger partial charge in [0.05, 0.1) is 10.0 Å². The smallest absolute Gasteiger partial charge is 0.358 e. The highest BCUT2D eigenvalue weighted by Gasteiger charge is 2.25. The van der Waals surface area contributed by atoms with E-state index in [1.807, 2.05) is 0 Å². The molecule has 1 amide bonds. The molecule has 6 nitrogen and oxygen atoms in total. The van der Waals surface area contributed by atoms with Gasteiger partial charge in [0, 0.05) is 19.2 Å². The van der Waals surface area contributed by atoms with Gasteiger partial charge < -0.3 is 15.0 Å². The zero-order chi connectivity index (χ0) is 14.0. The molecule has 0 unspecified atom stereocenters. The standard InChI is InChI=1S/C12H14BrN3O3/c1-8-2-4-15(5-3-8)12(17)9-6-11(16(18)19)14-7-10(9)13/h6-8H,2-5H2,1H3. The Morgan fingerprint density at radius 1 is 1.53 bits per heavy atom. The zero-order valence-electron chi connectivity index (χ0n) is 10.5. The quantitative estimate of drug-likeness (QED) is 0.618. The SMILES string of the molecule is CC1CCN(C(=O)c2cc([N+](=O)[O-])ncc2Br)CC1. The minimum absolute atomic E-state index is 0.177. The number of piperidine rings is 1. The van der Waals surface area contributed by atoms with E-state index < -0.39 is 4.92 Å². The van der Waals surface area contributed by atoms with Gasteiger partial charge in [-0.2, -0.15) is 0 Å². The Morgan fingerprint density at radius 2 is 2.16 bits per heavy atom. The second-order valence-corrected chi connectivity index (χ2v) is 5.61. The summed E-state index contributed by atoms with van der Waals surface area (Å²) in [7, 11) is 0. The Labute approximate surface area is 119 Å². The molecule has 102 valence electrons. The second-order valence-electron chi connectivity index (χ2n) is 4.75. The number of carbonyl (C=O) groups excluding carboxylic acids is 1. The Balaban J connectivity index is 2.23. The molecule has 0 atom stereocenters. The minimum Gasteiger partial charge on any atom is -0.358 e. The Bertz CT molecular complexity index is 513. The fourth-order valence-electron chi connectivity index (χ4n) is 2.07. The van der Waals surface area contributed by atoms with Crippen molar-refractivity contribution in [3.8, 4) is 0 Å². The molecule has 0 saturated carbocycles. The molecule has 2 rings (SSSR count). The molecule has 7 heteroatoms. The first kappa shape index (κ1) is 13.9. The molecule has 1 aromatic rings. The van der Waals surface area contributed by atoms with E-state index in [-0.39, 0.29) is 11.7 Å². The van der Waals surface area contributed by atoms with Gasteiger partial charge in [-0.15, -0.1) is 0 Å². The summed E-state index contributed by atoms with van der Waals surface area (Å²) < 4.78 is 0.488. The number of aromatic nitrogens is 1. The van der Waals surface area contributed by atoms with Gasteiger partial charge in [0.1, 0.15) is 0 Å². The number of hydrogen-bond donors (Lipinski definition) is 0. The lowest BCUT2D eigenvalue weighted by Crippen LogP contribution is -2.38. The first-order valence-corrected chi connectivity index (χ1v) is 6.87. The van der Waals surface area contributed by atoms with Crippen LogP contribution in [0, 0.1) is 16.0 Å². The fraction of sp³-hybridized carbons (Fsp3) is 0.500. The summed E-state index contributed by atoms with van der Waals surface area (Å²) in [6.45, 7) is 3.56. The van der Waals surface area contributed by atoms with Gasteiger partial charge in [-0.3, -0.25) is 4.79 Å². The van der Waals surface area contributed by atoms with Gasteiger partial charge in [0.15, 0.2) is 6.20 Å². The molecule has 0 spiro atoms. The van der Waals surface area contributed by atoms with E-state index >= 15 is 0 Å². The van der Waals surface area contributed by atoms with E-state index in [1.54, 1.807) is 4.90 Å². The van der Waals surface area contributed by atoms with Crippen molar-refractivity contribution in [3.63, 3.8) is 0 Å². The number of carbonyl (C=O) groups is 1. The molecule has 0 aliphatic carbocycles. The zero-order valence-corrected chi connectivity index (χ0v) is 12.1. The maximum Gasteiger partial charge on any atom is 0.364 e. The number of halogens is 1. The molecule has 2 heterocycles. The lowest BCUT2D eigenvalue weighted by Gasteiger charge is -2.30. The summed E-state index contributed by atoms with van der Waals surface area (Å²) in [6.07, 6.45) is 3.24. The van der Waals surface area contributed by atoms with Crippen molar-refractivity contribution >= 4 is 27.7 Å². The topological polar surface area (TPSA) is 76.3 Å². The first-order chi connectivity index (χ1) is 8.99. The van der Waals surface area contributed by atoms with Crippen LogP contribution in [-0.2, 0) is 0 Å². The monoisotopic (exact) mass is 327 g/mol. The molecule has 19 heavy (non-hydrogen) atoms. The van der Waals surface area contributed by atoms with E-state index in [0.29, 0.717) is 29.0 Å². The van der Waals surface area contributed by atoms with Crippen LogP contribution in [0.3, 0.4) is 0 Å². The van der Waals surface area contributed by atoms with Crippen molar-refractivity contribution in [1.29, 1.82) is 0 Å². The third-order valence-electron chi connectivity index (χ3n) is 3.33. The van der Waals surface area contributed by atoms with Crippen molar-refractivity contribution in [1.82, 2.24) is 9.88 Å². The number of nitrogens with zero attached hydrogens (tertiary/aromatic N) is 3. The van der Waals surface area contributed by atoms with Gasteiger partial charge in [0.25, 0.3) is 5.91 Å². The normalized spacial score (nSPS) is 16.4. The van der Waals surface area contributed by atoms with Gasteiger partial charge in [-0.25, -0.2) is 0 Å². The maximum absolute atomic E-state index is 12.3. The van der Waals surface area contributed by atoms with Crippen LogP contribution in [0.1, 0.15) is 30.1 Å². The Morgan fingerprint density at radius 3 is 2.74 bits per heavy atom. The van der Waals surface area contributed by atoms with Crippen molar-refractivity contribution in [2.45, 2.75) is 19.8 Å². The molecule has 0 aromatic carbocycles. The third kappa shape index (κ3) is 3.09.